The van der Waals surface area contributed by atoms with Crippen LogP contribution in [0, 0.1) is 18.3 Å². The third-order valence-corrected chi connectivity index (χ3v) is 3.60. The number of anilines is 2. The van der Waals surface area contributed by atoms with Gasteiger partial charge in [-0.2, -0.15) is 5.26 Å². The topological polar surface area (TPSA) is 53.0 Å². The molecule has 0 bridgehead atoms. The third-order valence-electron chi connectivity index (χ3n) is 3.60. The summed E-state index contributed by atoms with van der Waals surface area (Å²) in [6.45, 7) is 6.95. The molecule has 2 aromatic carbocycles. The molecular weight excluding hydrogens is 258 g/mol. The van der Waals surface area contributed by atoms with Crippen molar-refractivity contribution in [2.45, 2.75) is 33.4 Å². The summed E-state index contributed by atoms with van der Waals surface area (Å²) in [5.41, 5.74) is 10.7. The largest absolute Gasteiger partial charge is 0.398 e. The molecule has 2 N–H and O–H groups in total. The van der Waals surface area contributed by atoms with Crippen molar-refractivity contribution in [3.8, 4) is 6.07 Å². The Kier molecular flexibility index (Phi) is 4.49. The van der Waals surface area contributed by atoms with Gasteiger partial charge in [0.25, 0.3) is 0 Å². The zero-order chi connectivity index (χ0) is 15.4. The molecule has 108 valence electrons. The molecule has 3 heteroatoms. The Bertz CT molecular complexity index is 668. The van der Waals surface area contributed by atoms with Crippen LogP contribution in [-0.2, 0) is 6.54 Å². The van der Waals surface area contributed by atoms with Gasteiger partial charge in [-0.25, -0.2) is 0 Å². The van der Waals surface area contributed by atoms with Gasteiger partial charge in [0, 0.05) is 18.3 Å². The molecule has 0 unspecified atom stereocenters. The van der Waals surface area contributed by atoms with Crippen LogP contribution < -0.4 is 10.6 Å². The van der Waals surface area contributed by atoms with Gasteiger partial charge in [-0.05, 0) is 50.1 Å². The van der Waals surface area contributed by atoms with E-state index >= 15 is 0 Å². The normalized spacial score (nSPS) is 10.4. The summed E-state index contributed by atoms with van der Waals surface area (Å²) >= 11 is 0. The predicted octanol–water partition coefficient (Wildman–Crippen LogP) is 3.86. The minimum Gasteiger partial charge on any atom is -0.398 e. The predicted molar refractivity (Wildman–Crippen MR) is 88.1 cm³/mol. The lowest BCUT2D eigenvalue weighted by Crippen LogP contribution is -2.31. The lowest BCUT2D eigenvalue weighted by molar-refractivity contribution is 0.682. The monoisotopic (exact) mass is 279 g/mol. The molecule has 0 spiro atoms. The summed E-state index contributed by atoms with van der Waals surface area (Å²) < 4.78 is 0. The van der Waals surface area contributed by atoms with E-state index in [0.29, 0.717) is 12.1 Å². The van der Waals surface area contributed by atoms with Crippen LogP contribution in [0.5, 0.6) is 0 Å². The minimum absolute atomic E-state index is 0.277. The molecule has 0 heterocycles. The van der Waals surface area contributed by atoms with E-state index in [0.717, 1.165) is 22.5 Å². The van der Waals surface area contributed by atoms with Gasteiger partial charge < -0.3 is 10.6 Å². The first kappa shape index (κ1) is 14.9. The summed E-state index contributed by atoms with van der Waals surface area (Å²) in [6, 6.07) is 16.4. The zero-order valence-electron chi connectivity index (χ0n) is 12.8. The highest BCUT2D eigenvalue weighted by Gasteiger charge is 2.16. The molecule has 0 radical (unpaired) electrons. The Balaban J connectivity index is 2.41. The Morgan fingerprint density at radius 3 is 2.52 bits per heavy atom. The number of hydrogen-bond acceptors (Lipinski definition) is 3. The maximum absolute atomic E-state index is 9.39. The molecule has 0 atom stereocenters. The van der Waals surface area contributed by atoms with Gasteiger partial charge in [0.05, 0.1) is 11.3 Å². The summed E-state index contributed by atoms with van der Waals surface area (Å²) in [5.74, 6) is 0. The molecule has 0 aliphatic heterocycles. The molecule has 0 saturated carbocycles. The molecule has 0 saturated heterocycles. The number of rotatable bonds is 4. The van der Waals surface area contributed by atoms with Crippen LogP contribution >= 0.6 is 0 Å². The van der Waals surface area contributed by atoms with Gasteiger partial charge in [-0.1, -0.05) is 24.3 Å². The van der Waals surface area contributed by atoms with Crippen LogP contribution in [0.3, 0.4) is 0 Å². The molecule has 3 nitrogen and oxygen atoms in total. The number of hydrogen-bond donors (Lipinski definition) is 1. The average molecular weight is 279 g/mol. The lowest BCUT2D eigenvalue weighted by Gasteiger charge is -2.30. The Labute approximate surface area is 126 Å². The lowest BCUT2D eigenvalue weighted by atomic mass is 10.1. The second-order valence-corrected chi connectivity index (χ2v) is 5.55. The number of benzene rings is 2. The molecule has 0 fully saturated rings. The van der Waals surface area contributed by atoms with Gasteiger partial charge in [-0.15, -0.1) is 0 Å². The van der Waals surface area contributed by atoms with Gasteiger partial charge in [0.2, 0.25) is 0 Å². The third kappa shape index (κ3) is 3.35. The SMILES string of the molecule is Cc1ccc(N(Cc2ccccc2N)C(C)C)c(C#N)c1. The van der Waals surface area contributed by atoms with E-state index in [2.05, 4.69) is 24.8 Å². The Morgan fingerprint density at radius 2 is 1.90 bits per heavy atom. The second kappa shape index (κ2) is 6.32. The van der Waals surface area contributed by atoms with Crippen molar-refractivity contribution >= 4 is 11.4 Å². The highest BCUT2D eigenvalue weighted by molar-refractivity contribution is 5.62. The fourth-order valence-corrected chi connectivity index (χ4v) is 2.40. The van der Waals surface area contributed by atoms with Gasteiger partial charge in [-0.3, -0.25) is 0 Å². The van der Waals surface area contributed by atoms with E-state index in [1.807, 2.05) is 49.4 Å². The highest BCUT2D eigenvalue weighted by Crippen LogP contribution is 2.26. The van der Waals surface area contributed by atoms with Crippen molar-refractivity contribution in [2.24, 2.45) is 0 Å². The van der Waals surface area contributed by atoms with Crippen molar-refractivity contribution < 1.29 is 0 Å². The standard InChI is InChI=1S/C18H21N3/c1-13(2)21(12-15-6-4-5-7-17(15)20)18-9-8-14(3)10-16(18)11-19/h4-10,13H,12,20H2,1-3H3. The van der Waals surface area contributed by atoms with E-state index in [1.54, 1.807) is 0 Å². The first-order chi connectivity index (χ1) is 10.0. The van der Waals surface area contributed by atoms with Crippen LogP contribution in [0.15, 0.2) is 42.5 Å². The Hall–Kier alpha value is -2.47. The molecule has 0 aliphatic carbocycles. The second-order valence-electron chi connectivity index (χ2n) is 5.55. The number of nitrogens with zero attached hydrogens (tertiary/aromatic N) is 2. The van der Waals surface area contributed by atoms with Crippen LogP contribution in [0.25, 0.3) is 0 Å². The van der Waals surface area contributed by atoms with Crippen molar-refractivity contribution in [3.63, 3.8) is 0 Å². The van der Waals surface area contributed by atoms with E-state index in [-0.39, 0.29) is 6.04 Å². The van der Waals surface area contributed by atoms with Crippen molar-refractivity contribution in [2.75, 3.05) is 10.6 Å². The number of para-hydroxylation sites is 1. The molecular formula is C18H21N3. The summed E-state index contributed by atoms with van der Waals surface area (Å²) in [7, 11) is 0. The molecule has 0 amide bonds. The molecule has 21 heavy (non-hydrogen) atoms. The number of nitrogens with two attached hydrogens (primary N) is 1. The number of nitriles is 1. The highest BCUT2D eigenvalue weighted by atomic mass is 15.2. The van der Waals surface area contributed by atoms with Crippen molar-refractivity contribution in [3.05, 3.63) is 59.2 Å². The van der Waals surface area contributed by atoms with E-state index < -0.39 is 0 Å². The summed E-state index contributed by atoms with van der Waals surface area (Å²) in [4.78, 5) is 2.21. The van der Waals surface area contributed by atoms with Crippen LogP contribution in [0.4, 0.5) is 11.4 Å². The maximum Gasteiger partial charge on any atom is 0.101 e. The first-order valence-corrected chi connectivity index (χ1v) is 7.13. The van der Waals surface area contributed by atoms with Gasteiger partial charge >= 0.3 is 0 Å². The van der Waals surface area contributed by atoms with Crippen molar-refractivity contribution in [1.29, 1.82) is 5.26 Å². The van der Waals surface area contributed by atoms with E-state index in [4.69, 9.17) is 5.73 Å². The smallest absolute Gasteiger partial charge is 0.101 e. The molecule has 0 aromatic heterocycles. The van der Waals surface area contributed by atoms with Gasteiger partial charge in [0.1, 0.15) is 6.07 Å². The molecule has 2 rings (SSSR count). The average Bonchev–Trinajstić information content (AvgIpc) is 2.46. The molecule has 2 aromatic rings. The molecule has 0 aliphatic rings. The summed E-state index contributed by atoms with van der Waals surface area (Å²) in [6.07, 6.45) is 0. The summed E-state index contributed by atoms with van der Waals surface area (Å²) in [5, 5.41) is 9.39. The minimum atomic E-state index is 0.277. The maximum atomic E-state index is 9.39. The van der Waals surface area contributed by atoms with Crippen LogP contribution in [-0.4, -0.2) is 6.04 Å². The zero-order valence-corrected chi connectivity index (χ0v) is 12.8. The fourth-order valence-electron chi connectivity index (χ4n) is 2.40. The van der Waals surface area contributed by atoms with Gasteiger partial charge in [0.15, 0.2) is 0 Å². The fraction of sp³-hybridized carbons (Fsp3) is 0.278. The van der Waals surface area contributed by atoms with Crippen LogP contribution in [0.1, 0.15) is 30.5 Å². The van der Waals surface area contributed by atoms with E-state index in [1.165, 1.54) is 0 Å². The van der Waals surface area contributed by atoms with E-state index in [9.17, 15) is 5.26 Å². The van der Waals surface area contributed by atoms with Crippen molar-refractivity contribution in [1.82, 2.24) is 0 Å². The number of nitrogen functional groups attached to an aromatic ring is 1. The van der Waals surface area contributed by atoms with Crippen LogP contribution in [0.2, 0.25) is 0 Å². The quantitative estimate of drug-likeness (QED) is 0.864. The first-order valence-electron chi connectivity index (χ1n) is 7.13. The number of aryl methyl sites for hydroxylation is 1. The Morgan fingerprint density at radius 1 is 1.19 bits per heavy atom.